The minimum atomic E-state index is -0.460. The van der Waals surface area contributed by atoms with Crippen LogP contribution >= 0.6 is 0 Å². The Kier molecular flexibility index (Phi) is 17.1. The normalized spacial score (nSPS) is 12.4. The van der Waals surface area contributed by atoms with E-state index in [1.807, 2.05) is 0 Å². The Balaban J connectivity index is 0.944. The van der Waals surface area contributed by atoms with Crippen molar-refractivity contribution in [3.63, 3.8) is 0 Å². The first-order valence-electron chi connectivity index (χ1n) is 33.2. The molecule has 0 amide bonds. The van der Waals surface area contributed by atoms with Crippen LogP contribution in [0.3, 0.4) is 0 Å². The van der Waals surface area contributed by atoms with Gasteiger partial charge in [-0.3, -0.25) is 0 Å². The summed E-state index contributed by atoms with van der Waals surface area (Å²) in [7, 11) is 0. The lowest BCUT2D eigenvalue weighted by Crippen LogP contribution is -2.28. The van der Waals surface area contributed by atoms with Gasteiger partial charge in [-0.15, -0.1) is 0 Å². The third-order valence-corrected chi connectivity index (χ3v) is 19.0. The lowest BCUT2D eigenvalue weighted by molar-refractivity contribution is 0.766. The Morgan fingerprint density at radius 1 is 0.303 bits per heavy atom. The molecule has 12 aromatic rings. The van der Waals surface area contributed by atoms with Crippen molar-refractivity contribution >= 4 is 55.9 Å². The molecule has 1 aromatic heterocycles. The Hall–Kier alpha value is -9.18. The lowest BCUT2D eigenvalue weighted by atomic mass is 9.67. The molecule has 0 atom stereocenters. The smallest absolute Gasteiger partial charge is 0.0713 e. The zero-order chi connectivity index (χ0) is 61.0. The van der Waals surface area contributed by atoms with Gasteiger partial charge in [-0.2, -0.15) is 0 Å². The van der Waals surface area contributed by atoms with Crippen LogP contribution in [0.5, 0.6) is 0 Å². The second-order valence-electron chi connectivity index (χ2n) is 25.3. The average molecular weight is 1160 g/mol. The van der Waals surface area contributed by atoms with Gasteiger partial charge in [-0.05, 0) is 236 Å². The second kappa shape index (κ2) is 25.9. The summed E-state index contributed by atoms with van der Waals surface area (Å²) in [4.78, 5) is 4.92. The van der Waals surface area contributed by atoms with Crippen molar-refractivity contribution in [1.82, 2.24) is 4.57 Å². The molecule has 1 aliphatic rings. The number of fused-ring (bicyclic) bond motifs is 6. The number of aryl methyl sites for hydroxylation is 7. The Labute approximate surface area is 530 Å². The van der Waals surface area contributed by atoms with E-state index in [2.05, 4.69) is 305 Å². The van der Waals surface area contributed by atoms with Gasteiger partial charge in [0.15, 0.2) is 0 Å². The molecular weight excluding hydrogens is 1070 g/mol. The molecule has 0 radical (unpaired) electrons. The largest absolute Gasteiger partial charge is 0.310 e. The van der Waals surface area contributed by atoms with Crippen LogP contribution in [0, 0.1) is 20.8 Å². The van der Waals surface area contributed by atoms with Crippen LogP contribution < -0.4 is 9.80 Å². The van der Waals surface area contributed by atoms with Gasteiger partial charge >= 0.3 is 0 Å². The molecule has 0 saturated heterocycles. The molecule has 444 valence electrons. The zero-order valence-electron chi connectivity index (χ0n) is 53.4. The van der Waals surface area contributed by atoms with Gasteiger partial charge in [0, 0.05) is 50.6 Å². The van der Waals surface area contributed by atoms with Crippen molar-refractivity contribution in [2.45, 2.75) is 131 Å². The van der Waals surface area contributed by atoms with Gasteiger partial charge in [0.1, 0.15) is 0 Å². The molecule has 3 nitrogen and oxygen atoms in total. The van der Waals surface area contributed by atoms with Crippen molar-refractivity contribution in [3.05, 3.63) is 304 Å². The average Bonchev–Trinajstić information content (AvgIpc) is 1.59. The van der Waals surface area contributed by atoms with E-state index in [1.54, 1.807) is 0 Å². The number of nitrogens with zero attached hydrogens (tertiary/aromatic N) is 3. The third-order valence-electron chi connectivity index (χ3n) is 19.0. The van der Waals surface area contributed by atoms with E-state index in [0.717, 1.165) is 65.5 Å². The van der Waals surface area contributed by atoms with E-state index in [0.29, 0.717) is 0 Å². The van der Waals surface area contributed by atoms with Gasteiger partial charge in [0.25, 0.3) is 0 Å². The van der Waals surface area contributed by atoms with Crippen molar-refractivity contribution in [2.75, 3.05) is 9.80 Å². The number of unbranched alkanes of at least 4 members (excludes halogenated alkanes) is 4. The molecule has 0 N–H and O–H groups in total. The van der Waals surface area contributed by atoms with E-state index < -0.39 is 5.41 Å². The molecule has 3 heteroatoms. The molecular formula is C86H85N3. The second-order valence-corrected chi connectivity index (χ2v) is 25.3. The molecule has 0 saturated carbocycles. The van der Waals surface area contributed by atoms with E-state index in [9.17, 15) is 0 Å². The van der Waals surface area contributed by atoms with Crippen molar-refractivity contribution in [3.8, 4) is 27.9 Å². The molecule has 0 fully saturated rings. The van der Waals surface area contributed by atoms with Crippen LogP contribution in [-0.4, -0.2) is 4.57 Å². The standard InChI is InChI=1S/C86H85N3/c1-8-12-16-63-24-40-71(41-25-63)87(72-42-26-64(27-43-72)17-13-9-2)76-50-54-84-80(58-76)81-59-77(88(73-44-28-65(29-45-73)18-14-10-3)74-46-30-66(31-47-74)19-15-11-4)51-55-85(81)89(84)75-48-34-68(35-49-75)67-32-38-70(39-33-67)86(69-36-20-60(5)21-37-69)82-56-61(6)22-52-78(82)79-53-23-62(7)57-83(79)86/h20-59H,8-19H2,1-7H3. The highest BCUT2D eigenvalue weighted by Crippen LogP contribution is 2.57. The van der Waals surface area contributed by atoms with Crippen LogP contribution in [0.2, 0.25) is 0 Å². The summed E-state index contributed by atoms with van der Waals surface area (Å²) in [6.07, 6.45) is 13.8. The van der Waals surface area contributed by atoms with Crippen LogP contribution in [0.25, 0.3) is 49.7 Å². The first kappa shape index (κ1) is 58.8. The topological polar surface area (TPSA) is 11.4 Å². The van der Waals surface area contributed by atoms with E-state index in [-0.39, 0.29) is 0 Å². The Bertz CT molecular complexity index is 4070. The summed E-state index contributed by atoms with van der Waals surface area (Å²) in [6.45, 7) is 15.7. The fraction of sp³-hybridized carbons (Fsp3) is 0.233. The summed E-state index contributed by atoms with van der Waals surface area (Å²) in [5.74, 6) is 0. The summed E-state index contributed by atoms with van der Waals surface area (Å²) in [6, 6.07) is 93.7. The quantitative estimate of drug-likeness (QED) is 0.0670. The van der Waals surface area contributed by atoms with E-state index in [4.69, 9.17) is 0 Å². The molecule has 0 spiro atoms. The fourth-order valence-electron chi connectivity index (χ4n) is 14.1. The third kappa shape index (κ3) is 11.5. The minimum Gasteiger partial charge on any atom is -0.310 e. The van der Waals surface area contributed by atoms with Crippen LogP contribution in [-0.2, 0) is 31.1 Å². The maximum atomic E-state index is 2.49. The predicted octanol–water partition coefficient (Wildman–Crippen LogP) is 24.0. The number of hydrogen-bond acceptors (Lipinski definition) is 2. The van der Waals surface area contributed by atoms with E-state index >= 15 is 0 Å². The monoisotopic (exact) mass is 1160 g/mol. The molecule has 1 aliphatic carbocycles. The van der Waals surface area contributed by atoms with Crippen LogP contribution in [0.1, 0.15) is 140 Å². The molecule has 89 heavy (non-hydrogen) atoms. The zero-order valence-corrected chi connectivity index (χ0v) is 53.4. The van der Waals surface area contributed by atoms with Gasteiger partial charge in [0.2, 0.25) is 0 Å². The SMILES string of the molecule is CCCCc1ccc(N(c2ccc(CCCC)cc2)c2ccc3c(c2)c2cc(N(c4ccc(CCCC)cc4)c4ccc(CCCC)cc4)ccc2n3-c2ccc(-c3ccc(C4(c5ccc(C)cc5)c5cc(C)ccc5-c5ccc(C)cc54)cc3)cc2)cc1. The predicted molar refractivity (Wildman–Crippen MR) is 382 cm³/mol. The molecule has 11 aromatic carbocycles. The fourth-order valence-corrected chi connectivity index (χ4v) is 14.1. The summed E-state index contributed by atoms with van der Waals surface area (Å²) >= 11 is 0. The Morgan fingerprint density at radius 2 is 0.618 bits per heavy atom. The number of benzene rings is 11. The summed E-state index contributed by atoms with van der Waals surface area (Å²) in [5, 5.41) is 2.41. The van der Waals surface area contributed by atoms with Crippen molar-refractivity contribution < 1.29 is 0 Å². The van der Waals surface area contributed by atoms with Crippen molar-refractivity contribution in [1.29, 1.82) is 0 Å². The minimum absolute atomic E-state index is 0.460. The highest BCUT2D eigenvalue weighted by atomic mass is 15.1. The van der Waals surface area contributed by atoms with Crippen LogP contribution in [0.4, 0.5) is 34.1 Å². The van der Waals surface area contributed by atoms with Gasteiger partial charge in [-0.1, -0.05) is 216 Å². The molecule has 0 aliphatic heterocycles. The van der Waals surface area contributed by atoms with Crippen molar-refractivity contribution in [2.24, 2.45) is 0 Å². The highest BCUT2D eigenvalue weighted by Gasteiger charge is 2.46. The van der Waals surface area contributed by atoms with Crippen LogP contribution in [0.15, 0.2) is 243 Å². The molecule has 0 bridgehead atoms. The lowest BCUT2D eigenvalue weighted by Gasteiger charge is -2.34. The first-order chi connectivity index (χ1) is 43.6. The van der Waals surface area contributed by atoms with Gasteiger partial charge < -0.3 is 14.4 Å². The number of anilines is 6. The first-order valence-corrected chi connectivity index (χ1v) is 33.2. The van der Waals surface area contributed by atoms with Gasteiger partial charge in [0.05, 0.1) is 16.4 Å². The molecule has 13 rings (SSSR count). The Morgan fingerprint density at radius 3 is 0.966 bits per heavy atom. The number of hydrogen-bond donors (Lipinski definition) is 0. The highest BCUT2D eigenvalue weighted by molar-refractivity contribution is 6.12. The number of aromatic nitrogens is 1. The molecule has 1 heterocycles. The maximum Gasteiger partial charge on any atom is 0.0713 e. The summed E-state index contributed by atoms with van der Waals surface area (Å²) in [5.41, 5.74) is 29.5. The maximum absolute atomic E-state index is 2.49. The van der Waals surface area contributed by atoms with Gasteiger partial charge in [-0.25, -0.2) is 0 Å². The van der Waals surface area contributed by atoms with E-state index in [1.165, 1.54) is 157 Å². The number of rotatable bonds is 22. The molecule has 0 unspecified atom stereocenters. The summed E-state index contributed by atoms with van der Waals surface area (Å²) < 4.78 is 2.49.